The summed E-state index contributed by atoms with van der Waals surface area (Å²) in [4.78, 5) is 37.3. The smallest absolute Gasteiger partial charge is 0.323 e. The summed E-state index contributed by atoms with van der Waals surface area (Å²) in [5.41, 5.74) is 16.1. The molecule has 6 atom stereocenters. The number of nitrogens with two attached hydrogens (primary N) is 3. The minimum Gasteiger partial charge on any atom is -0.480 e. The molecule has 2 heterocycles. The zero-order valence-electron chi connectivity index (χ0n) is 15.0. The van der Waals surface area contributed by atoms with Gasteiger partial charge in [-0.1, -0.05) is 0 Å². The van der Waals surface area contributed by atoms with E-state index < -0.39 is 61.1 Å². The molecule has 0 aromatic carbocycles. The van der Waals surface area contributed by atoms with Gasteiger partial charge in [-0.25, -0.2) is 9.67 Å². The lowest BCUT2D eigenvalue weighted by molar-refractivity contribution is -0.151. The van der Waals surface area contributed by atoms with Crippen molar-refractivity contribution in [1.82, 2.24) is 14.8 Å². The van der Waals surface area contributed by atoms with Crippen LogP contribution >= 0.6 is 11.8 Å². The van der Waals surface area contributed by atoms with Crippen LogP contribution < -0.4 is 17.2 Å². The molecular weight excluding hydrogens is 412 g/mol. The van der Waals surface area contributed by atoms with Crippen LogP contribution in [0.1, 0.15) is 16.8 Å². The van der Waals surface area contributed by atoms with Crippen molar-refractivity contribution in [2.24, 2.45) is 17.2 Å². The largest absolute Gasteiger partial charge is 0.480 e. The molecule has 2 rings (SSSR count). The normalized spacial score (nSPS) is 26.1. The molecule has 9 N–H and O–H groups in total. The molecule has 0 radical (unpaired) electrons. The zero-order chi connectivity index (χ0) is 21.7. The molecule has 0 aliphatic carbocycles. The molecule has 0 bridgehead atoms. The van der Waals surface area contributed by atoms with Gasteiger partial charge in [0.05, 0.1) is 0 Å². The van der Waals surface area contributed by atoms with Crippen molar-refractivity contribution in [2.75, 3.05) is 18.1 Å². The highest BCUT2D eigenvalue weighted by molar-refractivity contribution is 7.99. The minimum atomic E-state index is -1.43. The van der Waals surface area contributed by atoms with Crippen molar-refractivity contribution in [3.63, 3.8) is 0 Å². The summed E-state index contributed by atoms with van der Waals surface area (Å²) in [6.07, 6.45) is -3.99. The average molecular weight is 434 g/mol. The second kappa shape index (κ2) is 9.95. The van der Waals surface area contributed by atoms with Crippen molar-refractivity contribution >= 4 is 29.6 Å². The summed E-state index contributed by atoms with van der Waals surface area (Å²) in [6, 6.07) is -2.12. The lowest BCUT2D eigenvalue weighted by Gasteiger charge is -2.17. The maximum Gasteiger partial charge on any atom is 0.323 e. The topological polar surface area (TPSA) is 239 Å². The van der Waals surface area contributed by atoms with E-state index in [0.717, 1.165) is 22.8 Å². The maximum atomic E-state index is 11.9. The van der Waals surface area contributed by atoms with E-state index in [1.165, 1.54) is 0 Å². The Morgan fingerprint density at radius 2 is 1.90 bits per heavy atom. The quantitative estimate of drug-likeness (QED) is 0.193. The van der Waals surface area contributed by atoms with E-state index in [-0.39, 0.29) is 17.3 Å². The Bertz CT molecular complexity index is 747. The van der Waals surface area contributed by atoms with E-state index >= 15 is 0 Å². The molecule has 1 aliphatic heterocycles. The first-order chi connectivity index (χ1) is 13.6. The SMILES string of the molecule is NC(=O)c1ncn([C@@H]2O[C@H](COC(=O)[C@H](N)CSC[C@H](N)C(=O)O)[C@@H](O)[C@H]2O)n1. The van der Waals surface area contributed by atoms with Crippen LogP contribution in [0, 0.1) is 0 Å². The van der Waals surface area contributed by atoms with Gasteiger partial charge in [0, 0.05) is 11.5 Å². The predicted octanol–water partition coefficient (Wildman–Crippen LogP) is -3.99. The molecule has 15 heteroatoms. The second-order valence-corrected chi connectivity index (χ2v) is 7.25. The number of carbonyl (C=O) groups is 3. The van der Waals surface area contributed by atoms with Gasteiger partial charge in [0.25, 0.3) is 5.91 Å². The number of ether oxygens (including phenoxy) is 2. The fourth-order valence-corrected chi connectivity index (χ4v) is 3.25. The number of aromatic nitrogens is 3. The average Bonchev–Trinajstić information content (AvgIpc) is 3.26. The van der Waals surface area contributed by atoms with Crippen LogP contribution in [-0.2, 0) is 19.1 Å². The molecular formula is C14H22N6O8S. The van der Waals surface area contributed by atoms with Gasteiger partial charge in [0.2, 0.25) is 5.82 Å². The molecule has 1 aromatic rings. The van der Waals surface area contributed by atoms with Crippen LogP contribution in [0.5, 0.6) is 0 Å². The number of rotatable bonds is 10. The number of primary amides is 1. The van der Waals surface area contributed by atoms with Gasteiger partial charge in [0.1, 0.15) is 43.3 Å². The van der Waals surface area contributed by atoms with Crippen molar-refractivity contribution in [3.05, 3.63) is 12.2 Å². The Labute approximate surface area is 168 Å². The van der Waals surface area contributed by atoms with Crippen LogP contribution in [-0.4, -0.2) is 96.4 Å². The fourth-order valence-electron chi connectivity index (χ4n) is 2.33. The number of esters is 1. The second-order valence-electron chi connectivity index (χ2n) is 6.18. The van der Waals surface area contributed by atoms with Gasteiger partial charge < -0.3 is 42.0 Å². The summed E-state index contributed by atoms with van der Waals surface area (Å²) in [5.74, 6) is -2.99. The number of aliphatic carboxylic acids is 1. The number of thioether (sulfide) groups is 1. The number of nitrogens with zero attached hydrogens (tertiary/aromatic N) is 3. The lowest BCUT2D eigenvalue weighted by Crippen LogP contribution is -2.39. The van der Waals surface area contributed by atoms with E-state index in [1.54, 1.807) is 0 Å². The highest BCUT2D eigenvalue weighted by Crippen LogP contribution is 2.29. The van der Waals surface area contributed by atoms with Gasteiger partial charge in [-0.05, 0) is 0 Å². The van der Waals surface area contributed by atoms with Crippen molar-refractivity contribution in [3.8, 4) is 0 Å². The van der Waals surface area contributed by atoms with Crippen LogP contribution in [0.15, 0.2) is 6.33 Å². The third-order valence-electron chi connectivity index (χ3n) is 3.93. The van der Waals surface area contributed by atoms with Gasteiger partial charge >= 0.3 is 11.9 Å². The van der Waals surface area contributed by atoms with Gasteiger partial charge in [0.15, 0.2) is 6.23 Å². The minimum absolute atomic E-state index is 0.0693. The molecule has 1 amide bonds. The molecule has 0 spiro atoms. The summed E-state index contributed by atoms with van der Waals surface area (Å²) in [6.45, 7) is -0.405. The number of hydrogen-bond acceptors (Lipinski definition) is 12. The molecule has 0 saturated carbocycles. The summed E-state index contributed by atoms with van der Waals surface area (Å²) >= 11 is 1.08. The highest BCUT2D eigenvalue weighted by atomic mass is 32.2. The summed E-state index contributed by atoms with van der Waals surface area (Å²) < 4.78 is 11.5. The lowest BCUT2D eigenvalue weighted by atomic mass is 10.1. The van der Waals surface area contributed by atoms with Crippen molar-refractivity contribution < 1.29 is 39.2 Å². The number of carboxylic acids is 1. The molecule has 14 nitrogen and oxygen atoms in total. The molecule has 1 saturated heterocycles. The summed E-state index contributed by atoms with van der Waals surface area (Å²) in [7, 11) is 0. The van der Waals surface area contributed by atoms with Gasteiger partial charge in [-0.3, -0.25) is 14.4 Å². The number of hydrogen-bond donors (Lipinski definition) is 6. The third-order valence-corrected chi connectivity index (χ3v) is 5.12. The van der Waals surface area contributed by atoms with E-state index in [9.17, 15) is 24.6 Å². The Hall–Kier alpha value is -2.30. The van der Waals surface area contributed by atoms with Crippen LogP contribution in [0.4, 0.5) is 0 Å². The monoisotopic (exact) mass is 434 g/mol. The standard InChI is InChI=1S/C14H22N6O8S/c15-5(13(24)25)2-29-3-6(16)14(26)27-1-7-8(21)9(22)12(28-7)20-4-18-11(19-20)10(17)23/h4-9,12,21-22H,1-3,15-16H2,(H2,17,23)(H,24,25)/t5-,6+,7+,8+,9+,12+/m0/s1. The Kier molecular flexibility index (Phi) is 7.88. The Morgan fingerprint density at radius 1 is 1.24 bits per heavy atom. The van der Waals surface area contributed by atoms with Crippen LogP contribution in [0.25, 0.3) is 0 Å². The van der Waals surface area contributed by atoms with Gasteiger partial charge in [-0.15, -0.1) is 5.10 Å². The van der Waals surface area contributed by atoms with Gasteiger partial charge in [-0.2, -0.15) is 11.8 Å². The first-order valence-electron chi connectivity index (χ1n) is 8.32. The number of carboxylic acid groups (broad SMARTS) is 1. The van der Waals surface area contributed by atoms with Crippen LogP contribution in [0.3, 0.4) is 0 Å². The van der Waals surface area contributed by atoms with Crippen LogP contribution in [0.2, 0.25) is 0 Å². The molecule has 162 valence electrons. The third kappa shape index (κ3) is 5.84. The number of aliphatic hydroxyl groups excluding tert-OH is 2. The molecule has 1 aliphatic rings. The van der Waals surface area contributed by atoms with E-state index in [1.807, 2.05) is 0 Å². The maximum absolute atomic E-state index is 11.9. The molecule has 1 fully saturated rings. The first kappa shape index (κ1) is 23.0. The van der Waals surface area contributed by atoms with E-state index in [0.29, 0.717) is 0 Å². The highest BCUT2D eigenvalue weighted by Gasteiger charge is 2.45. The Balaban J connectivity index is 1.82. The van der Waals surface area contributed by atoms with Crippen molar-refractivity contribution in [2.45, 2.75) is 36.6 Å². The van der Waals surface area contributed by atoms with Crippen molar-refractivity contribution in [1.29, 1.82) is 0 Å². The number of amides is 1. The fraction of sp³-hybridized carbons (Fsp3) is 0.643. The summed E-state index contributed by atoms with van der Waals surface area (Å²) in [5, 5.41) is 32.6. The number of carbonyl (C=O) groups excluding carboxylic acids is 2. The predicted molar refractivity (Wildman–Crippen MR) is 96.3 cm³/mol. The molecule has 1 aromatic heterocycles. The molecule has 29 heavy (non-hydrogen) atoms. The first-order valence-corrected chi connectivity index (χ1v) is 9.48. The molecule has 0 unspecified atom stereocenters. The number of aliphatic hydroxyl groups is 2. The van der Waals surface area contributed by atoms with E-state index in [4.69, 9.17) is 31.8 Å². The zero-order valence-corrected chi connectivity index (χ0v) is 15.8. The van der Waals surface area contributed by atoms with E-state index in [2.05, 4.69) is 10.1 Å². The Morgan fingerprint density at radius 3 is 2.48 bits per heavy atom.